The molecule has 0 aromatic heterocycles. The van der Waals surface area contributed by atoms with E-state index in [0.29, 0.717) is 5.56 Å². The van der Waals surface area contributed by atoms with Crippen LogP contribution in [0.1, 0.15) is 16.7 Å². The van der Waals surface area contributed by atoms with Gasteiger partial charge < -0.3 is 9.84 Å². The summed E-state index contributed by atoms with van der Waals surface area (Å²) in [5, 5.41) is 9.40. The van der Waals surface area contributed by atoms with E-state index in [4.69, 9.17) is 4.74 Å². The molecule has 2 rings (SSSR count). The number of methoxy groups -OCH3 is 1. The number of carboxylic acids is 1. The number of aryl methyl sites for hydroxylation is 1. The Hall–Kier alpha value is -2.20. The second-order valence-electron chi connectivity index (χ2n) is 4.80. The summed E-state index contributed by atoms with van der Waals surface area (Å²) >= 11 is 1.64. The highest BCUT2D eigenvalue weighted by atomic mass is 32.2. The maximum atomic E-state index is 11.5. The molecule has 1 N–H and O–H groups in total. The summed E-state index contributed by atoms with van der Waals surface area (Å²) in [4.78, 5) is 12.4. The van der Waals surface area contributed by atoms with Crippen LogP contribution in [-0.4, -0.2) is 18.2 Å². The number of thioether (sulfide) groups is 1. The number of benzene rings is 2. The van der Waals surface area contributed by atoms with Gasteiger partial charge in [-0.2, -0.15) is 0 Å². The lowest BCUT2D eigenvalue weighted by Gasteiger charge is -2.13. The van der Waals surface area contributed by atoms with Crippen LogP contribution in [0.3, 0.4) is 0 Å². The lowest BCUT2D eigenvalue weighted by Crippen LogP contribution is -2.03. The van der Waals surface area contributed by atoms with Crippen molar-refractivity contribution in [3.63, 3.8) is 0 Å². The maximum absolute atomic E-state index is 11.5. The van der Waals surface area contributed by atoms with Crippen molar-refractivity contribution in [3.05, 3.63) is 71.5 Å². The highest BCUT2D eigenvalue weighted by molar-refractivity contribution is 7.98. The van der Waals surface area contributed by atoms with Crippen molar-refractivity contribution in [2.45, 2.75) is 17.6 Å². The summed E-state index contributed by atoms with van der Waals surface area (Å²) in [7, 11) is 1.45. The first-order valence-corrected chi connectivity index (χ1v) is 7.85. The van der Waals surface area contributed by atoms with E-state index in [2.05, 4.69) is 12.1 Å². The van der Waals surface area contributed by atoms with Crippen LogP contribution in [0.5, 0.6) is 0 Å². The van der Waals surface area contributed by atoms with Crippen molar-refractivity contribution in [2.75, 3.05) is 7.11 Å². The molecular formula is C18H18O3S. The average Bonchev–Trinajstić information content (AvgIpc) is 2.52. The molecule has 0 aliphatic rings. The Morgan fingerprint density at radius 1 is 1.18 bits per heavy atom. The molecule has 0 fully saturated rings. The summed E-state index contributed by atoms with van der Waals surface area (Å²) in [5.41, 5.74) is 3.12. The van der Waals surface area contributed by atoms with E-state index in [0.717, 1.165) is 16.2 Å². The van der Waals surface area contributed by atoms with E-state index in [-0.39, 0.29) is 5.57 Å². The molecule has 0 atom stereocenters. The molecule has 4 heteroatoms. The van der Waals surface area contributed by atoms with Crippen molar-refractivity contribution < 1.29 is 14.6 Å². The van der Waals surface area contributed by atoms with Gasteiger partial charge in [0.2, 0.25) is 0 Å². The predicted octanol–water partition coefficient (Wildman–Crippen LogP) is 4.36. The van der Waals surface area contributed by atoms with Crippen molar-refractivity contribution in [1.82, 2.24) is 0 Å². The van der Waals surface area contributed by atoms with Crippen LogP contribution in [0.15, 0.2) is 59.7 Å². The third kappa shape index (κ3) is 3.92. The van der Waals surface area contributed by atoms with E-state index in [1.807, 2.05) is 43.3 Å². The Labute approximate surface area is 134 Å². The molecule has 0 saturated heterocycles. The second kappa shape index (κ2) is 7.71. The minimum atomic E-state index is -0.992. The molecule has 0 aliphatic carbocycles. The highest BCUT2D eigenvalue weighted by Crippen LogP contribution is 2.33. The van der Waals surface area contributed by atoms with Gasteiger partial charge in [-0.05, 0) is 18.1 Å². The lowest BCUT2D eigenvalue weighted by molar-refractivity contribution is -0.130. The largest absolute Gasteiger partial charge is 0.503 e. The van der Waals surface area contributed by atoms with Gasteiger partial charge in [0.25, 0.3) is 0 Å². The Bertz CT molecular complexity index is 678. The summed E-state index contributed by atoms with van der Waals surface area (Å²) in [6, 6.07) is 15.8. The molecule has 0 unspecified atom stereocenters. The van der Waals surface area contributed by atoms with Crippen LogP contribution in [-0.2, 0) is 15.3 Å². The molecule has 0 radical (unpaired) electrons. The Morgan fingerprint density at radius 3 is 2.55 bits per heavy atom. The van der Waals surface area contributed by atoms with Crippen LogP contribution < -0.4 is 0 Å². The molecule has 0 bridgehead atoms. The Kier molecular flexibility index (Phi) is 5.67. The van der Waals surface area contributed by atoms with Gasteiger partial charge >= 0.3 is 5.97 Å². The molecule has 0 spiro atoms. The summed E-state index contributed by atoms with van der Waals surface area (Å²) in [5.74, 6) is -0.201. The van der Waals surface area contributed by atoms with Gasteiger partial charge in [0.05, 0.1) is 13.4 Å². The molecule has 22 heavy (non-hydrogen) atoms. The lowest BCUT2D eigenvalue weighted by atomic mass is 10.0. The van der Waals surface area contributed by atoms with Crippen LogP contribution >= 0.6 is 11.8 Å². The minimum Gasteiger partial charge on any atom is -0.503 e. The number of carboxylic acid groups (broad SMARTS) is 1. The van der Waals surface area contributed by atoms with Crippen molar-refractivity contribution in [2.24, 2.45) is 0 Å². The monoisotopic (exact) mass is 314 g/mol. The van der Waals surface area contributed by atoms with Crippen LogP contribution in [0.2, 0.25) is 0 Å². The van der Waals surface area contributed by atoms with Gasteiger partial charge in [-0.1, -0.05) is 48.5 Å². The predicted molar refractivity (Wildman–Crippen MR) is 89.8 cm³/mol. The maximum Gasteiger partial charge on any atom is 0.339 e. The summed E-state index contributed by atoms with van der Waals surface area (Å²) in [6.07, 6.45) is 1.28. The van der Waals surface area contributed by atoms with Gasteiger partial charge in [-0.25, -0.2) is 4.79 Å². The van der Waals surface area contributed by atoms with Crippen LogP contribution in [0.4, 0.5) is 0 Å². The standard InChI is InChI=1S/C18H18O3S/c1-13-7-6-10-15(16(11-21-2)18(19)20)17(13)22-12-14-8-4-3-5-9-14/h3-11H,12H2,1-2H3,(H,19,20). The van der Waals surface area contributed by atoms with E-state index in [1.54, 1.807) is 11.8 Å². The molecule has 3 nitrogen and oxygen atoms in total. The normalized spacial score (nSPS) is 11.3. The summed E-state index contributed by atoms with van der Waals surface area (Å²) in [6.45, 7) is 1.99. The first-order valence-electron chi connectivity index (χ1n) is 6.86. The van der Waals surface area contributed by atoms with E-state index >= 15 is 0 Å². The minimum absolute atomic E-state index is 0.168. The van der Waals surface area contributed by atoms with Crippen molar-refractivity contribution in [1.29, 1.82) is 0 Å². The molecule has 2 aromatic rings. The molecule has 2 aromatic carbocycles. The quantitative estimate of drug-likeness (QED) is 0.489. The zero-order valence-electron chi connectivity index (χ0n) is 12.6. The number of hydrogen-bond donors (Lipinski definition) is 1. The number of aliphatic carboxylic acids is 1. The summed E-state index contributed by atoms with van der Waals surface area (Å²) < 4.78 is 4.93. The van der Waals surface area contributed by atoms with Crippen molar-refractivity contribution in [3.8, 4) is 0 Å². The van der Waals surface area contributed by atoms with Gasteiger partial charge in [0, 0.05) is 16.2 Å². The second-order valence-corrected chi connectivity index (χ2v) is 5.78. The molecule has 0 heterocycles. The fourth-order valence-electron chi connectivity index (χ4n) is 2.13. The zero-order chi connectivity index (χ0) is 15.9. The van der Waals surface area contributed by atoms with Crippen LogP contribution in [0, 0.1) is 6.92 Å². The first-order chi connectivity index (χ1) is 10.6. The third-order valence-corrected chi connectivity index (χ3v) is 4.50. The van der Waals surface area contributed by atoms with Crippen LogP contribution in [0.25, 0.3) is 5.57 Å². The topological polar surface area (TPSA) is 46.5 Å². The third-order valence-electron chi connectivity index (χ3n) is 3.19. The molecule has 0 aliphatic heterocycles. The zero-order valence-corrected chi connectivity index (χ0v) is 13.4. The van der Waals surface area contributed by atoms with Gasteiger partial charge in [-0.15, -0.1) is 11.8 Å². The van der Waals surface area contributed by atoms with Gasteiger partial charge in [0.1, 0.15) is 5.57 Å². The number of carbonyl (C=O) groups is 1. The van der Waals surface area contributed by atoms with E-state index in [9.17, 15) is 9.90 Å². The molecular weight excluding hydrogens is 296 g/mol. The SMILES string of the molecule is COC=C(C(=O)O)c1cccc(C)c1SCc1ccccc1. The number of rotatable bonds is 6. The number of hydrogen-bond acceptors (Lipinski definition) is 3. The average molecular weight is 314 g/mol. The first kappa shape index (κ1) is 16.2. The molecule has 0 amide bonds. The smallest absolute Gasteiger partial charge is 0.339 e. The van der Waals surface area contributed by atoms with Gasteiger partial charge in [0.15, 0.2) is 0 Å². The van der Waals surface area contributed by atoms with Gasteiger partial charge in [-0.3, -0.25) is 0 Å². The highest BCUT2D eigenvalue weighted by Gasteiger charge is 2.17. The van der Waals surface area contributed by atoms with Crippen molar-refractivity contribution >= 4 is 23.3 Å². The fourth-order valence-corrected chi connectivity index (χ4v) is 3.27. The molecule has 0 saturated carbocycles. The Balaban J connectivity index is 2.34. The van der Waals surface area contributed by atoms with E-state index < -0.39 is 5.97 Å². The van der Waals surface area contributed by atoms with E-state index in [1.165, 1.54) is 18.9 Å². The Morgan fingerprint density at radius 2 is 1.91 bits per heavy atom. The fraction of sp³-hybridized carbons (Fsp3) is 0.167. The molecule has 114 valence electrons. The number of ether oxygens (including phenoxy) is 1.